The molecule has 1 atom stereocenters. The highest BCUT2D eigenvalue weighted by Gasteiger charge is 2.31. The standard InChI is InChI=1S/C18H28N2O5S/c1-5-13(4)20-26(24,25)15-10-8-14(9-11-15)17(23)19-18(6-2,7-3)12-16(21)22/h8-11,13,20H,5-7,12H2,1-4H3,(H,19,23)(H,21,22). The predicted molar refractivity (Wildman–Crippen MR) is 99.5 cm³/mol. The lowest BCUT2D eigenvalue weighted by molar-refractivity contribution is -0.138. The maximum Gasteiger partial charge on any atom is 0.305 e. The summed E-state index contributed by atoms with van der Waals surface area (Å²) in [6.07, 6.45) is 1.45. The molecule has 0 aliphatic rings. The fraction of sp³-hybridized carbons (Fsp3) is 0.556. The van der Waals surface area contributed by atoms with Crippen molar-refractivity contribution >= 4 is 21.9 Å². The number of amides is 1. The Morgan fingerprint density at radius 3 is 2.08 bits per heavy atom. The van der Waals surface area contributed by atoms with E-state index in [1.165, 1.54) is 24.3 Å². The van der Waals surface area contributed by atoms with Crippen LogP contribution >= 0.6 is 0 Å². The van der Waals surface area contributed by atoms with Crippen molar-refractivity contribution in [3.05, 3.63) is 29.8 Å². The monoisotopic (exact) mass is 384 g/mol. The summed E-state index contributed by atoms with van der Waals surface area (Å²) in [5.41, 5.74) is -0.546. The quantitative estimate of drug-likeness (QED) is 0.574. The van der Waals surface area contributed by atoms with Crippen molar-refractivity contribution in [1.29, 1.82) is 0 Å². The van der Waals surface area contributed by atoms with Crippen LogP contribution in [0.1, 0.15) is 63.7 Å². The summed E-state index contributed by atoms with van der Waals surface area (Å²) in [5.74, 6) is -1.40. The van der Waals surface area contributed by atoms with Crippen LogP contribution in [-0.4, -0.2) is 37.0 Å². The second kappa shape index (κ2) is 9.14. The largest absolute Gasteiger partial charge is 0.481 e. The molecule has 0 saturated carbocycles. The van der Waals surface area contributed by atoms with Crippen LogP contribution in [0, 0.1) is 0 Å². The highest BCUT2D eigenvalue weighted by Crippen LogP contribution is 2.21. The summed E-state index contributed by atoms with van der Waals surface area (Å²) < 4.78 is 27.1. The molecule has 1 aromatic rings. The molecule has 146 valence electrons. The number of carboxylic acids is 1. The van der Waals surface area contributed by atoms with Gasteiger partial charge in [-0.15, -0.1) is 0 Å². The Hall–Kier alpha value is -1.93. The van der Waals surface area contributed by atoms with E-state index in [-0.39, 0.29) is 22.9 Å². The summed E-state index contributed by atoms with van der Waals surface area (Å²) >= 11 is 0. The molecule has 1 aromatic carbocycles. The first-order valence-electron chi connectivity index (χ1n) is 8.75. The molecule has 0 bridgehead atoms. The second-order valence-electron chi connectivity index (χ2n) is 6.47. The van der Waals surface area contributed by atoms with Gasteiger partial charge >= 0.3 is 5.97 Å². The molecule has 7 nitrogen and oxygen atoms in total. The molecular formula is C18H28N2O5S. The van der Waals surface area contributed by atoms with E-state index in [0.29, 0.717) is 19.3 Å². The van der Waals surface area contributed by atoms with Gasteiger partial charge in [0, 0.05) is 11.6 Å². The lowest BCUT2D eigenvalue weighted by Gasteiger charge is -2.31. The van der Waals surface area contributed by atoms with Crippen molar-refractivity contribution in [2.24, 2.45) is 0 Å². The van der Waals surface area contributed by atoms with E-state index in [2.05, 4.69) is 10.0 Å². The van der Waals surface area contributed by atoms with Gasteiger partial charge in [-0.1, -0.05) is 20.8 Å². The van der Waals surface area contributed by atoms with E-state index in [4.69, 9.17) is 5.11 Å². The van der Waals surface area contributed by atoms with Gasteiger partial charge < -0.3 is 10.4 Å². The Morgan fingerprint density at radius 2 is 1.65 bits per heavy atom. The van der Waals surface area contributed by atoms with Gasteiger partial charge in [-0.3, -0.25) is 9.59 Å². The number of benzene rings is 1. The molecular weight excluding hydrogens is 356 g/mol. The minimum atomic E-state index is -3.63. The molecule has 0 spiro atoms. The van der Waals surface area contributed by atoms with Crippen LogP contribution < -0.4 is 10.0 Å². The Morgan fingerprint density at radius 1 is 1.12 bits per heavy atom. The summed E-state index contributed by atoms with van der Waals surface area (Å²) in [7, 11) is -3.63. The maximum atomic E-state index is 12.5. The van der Waals surface area contributed by atoms with Crippen molar-refractivity contribution < 1.29 is 23.1 Å². The minimum absolute atomic E-state index is 0.0807. The Labute approximate surface area is 155 Å². The lowest BCUT2D eigenvalue weighted by atomic mass is 9.88. The fourth-order valence-corrected chi connectivity index (χ4v) is 3.85. The normalized spacial score (nSPS) is 13.2. The number of rotatable bonds is 10. The van der Waals surface area contributed by atoms with E-state index < -0.39 is 27.4 Å². The number of carbonyl (C=O) groups excluding carboxylic acids is 1. The summed E-state index contributed by atoms with van der Waals surface area (Å²) in [6.45, 7) is 7.30. The van der Waals surface area contributed by atoms with Crippen LogP contribution in [0.5, 0.6) is 0 Å². The third-order valence-corrected chi connectivity index (χ3v) is 6.22. The van der Waals surface area contributed by atoms with Crippen LogP contribution in [0.3, 0.4) is 0 Å². The molecule has 0 heterocycles. The minimum Gasteiger partial charge on any atom is -0.481 e. The van der Waals surface area contributed by atoms with Crippen LogP contribution in [0.15, 0.2) is 29.2 Å². The van der Waals surface area contributed by atoms with Crippen LogP contribution in [0.2, 0.25) is 0 Å². The van der Waals surface area contributed by atoms with Crippen molar-refractivity contribution in [2.75, 3.05) is 0 Å². The average molecular weight is 384 g/mol. The summed E-state index contributed by atoms with van der Waals surface area (Å²) in [5, 5.41) is 11.9. The molecule has 0 aromatic heterocycles. The van der Waals surface area contributed by atoms with Crippen molar-refractivity contribution in [2.45, 2.75) is 69.9 Å². The van der Waals surface area contributed by atoms with Crippen LogP contribution in [0.4, 0.5) is 0 Å². The van der Waals surface area contributed by atoms with Crippen LogP contribution in [-0.2, 0) is 14.8 Å². The van der Waals surface area contributed by atoms with E-state index >= 15 is 0 Å². The molecule has 1 amide bonds. The highest BCUT2D eigenvalue weighted by molar-refractivity contribution is 7.89. The third-order valence-electron chi connectivity index (χ3n) is 4.62. The molecule has 0 fully saturated rings. The first-order chi connectivity index (χ1) is 12.1. The van der Waals surface area contributed by atoms with E-state index in [1.807, 2.05) is 20.8 Å². The number of sulfonamides is 1. The van der Waals surface area contributed by atoms with Gasteiger partial charge in [0.15, 0.2) is 0 Å². The van der Waals surface area contributed by atoms with Crippen LogP contribution in [0.25, 0.3) is 0 Å². The van der Waals surface area contributed by atoms with Crippen molar-refractivity contribution in [3.63, 3.8) is 0 Å². The lowest BCUT2D eigenvalue weighted by Crippen LogP contribution is -2.49. The first-order valence-corrected chi connectivity index (χ1v) is 10.2. The second-order valence-corrected chi connectivity index (χ2v) is 8.18. The Kier molecular flexibility index (Phi) is 7.77. The summed E-state index contributed by atoms with van der Waals surface area (Å²) in [4.78, 5) is 23.6. The van der Waals surface area contributed by atoms with Gasteiger partial charge in [-0.05, 0) is 50.5 Å². The molecule has 0 aliphatic heterocycles. The maximum absolute atomic E-state index is 12.5. The fourth-order valence-electron chi connectivity index (χ4n) is 2.53. The number of hydrogen-bond donors (Lipinski definition) is 3. The molecule has 1 unspecified atom stereocenters. The van der Waals surface area contributed by atoms with Crippen molar-refractivity contribution in [3.8, 4) is 0 Å². The molecule has 3 N–H and O–H groups in total. The topological polar surface area (TPSA) is 113 Å². The Bertz CT molecular complexity index is 724. The highest BCUT2D eigenvalue weighted by atomic mass is 32.2. The first kappa shape index (κ1) is 22.1. The number of nitrogens with one attached hydrogen (secondary N) is 2. The number of hydrogen-bond acceptors (Lipinski definition) is 4. The molecule has 0 aliphatic carbocycles. The zero-order valence-electron chi connectivity index (χ0n) is 15.7. The van der Waals surface area contributed by atoms with E-state index in [0.717, 1.165) is 0 Å². The number of carbonyl (C=O) groups is 2. The molecule has 0 saturated heterocycles. The summed E-state index contributed by atoms with van der Waals surface area (Å²) in [6, 6.07) is 5.41. The molecule has 0 radical (unpaired) electrons. The van der Waals surface area contributed by atoms with Gasteiger partial charge in [-0.2, -0.15) is 0 Å². The van der Waals surface area contributed by atoms with Gasteiger partial charge in [0.2, 0.25) is 10.0 Å². The third kappa shape index (κ3) is 5.81. The zero-order valence-corrected chi connectivity index (χ0v) is 16.5. The Balaban J connectivity index is 2.97. The molecule has 1 rings (SSSR count). The number of carboxylic acid groups (broad SMARTS) is 1. The average Bonchev–Trinajstić information content (AvgIpc) is 2.60. The SMILES string of the molecule is CCC(C)NS(=O)(=O)c1ccc(C(=O)NC(CC)(CC)CC(=O)O)cc1. The van der Waals surface area contributed by atoms with Gasteiger partial charge in [-0.25, -0.2) is 13.1 Å². The smallest absolute Gasteiger partial charge is 0.305 e. The molecule has 26 heavy (non-hydrogen) atoms. The van der Waals surface area contributed by atoms with Crippen molar-refractivity contribution in [1.82, 2.24) is 10.0 Å². The molecule has 8 heteroatoms. The van der Waals surface area contributed by atoms with E-state index in [1.54, 1.807) is 6.92 Å². The number of aliphatic carboxylic acids is 1. The van der Waals surface area contributed by atoms with Gasteiger partial charge in [0.1, 0.15) is 0 Å². The van der Waals surface area contributed by atoms with Gasteiger partial charge in [0.25, 0.3) is 5.91 Å². The predicted octanol–water partition coefficient (Wildman–Crippen LogP) is 2.53. The van der Waals surface area contributed by atoms with Gasteiger partial charge in [0.05, 0.1) is 16.9 Å². The zero-order chi connectivity index (χ0) is 20.0. The van der Waals surface area contributed by atoms with E-state index in [9.17, 15) is 18.0 Å².